The van der Waals surface area contributed by atoms with Crippen LogP contribution < -0.4 is 0 Å². The molecule has 0 spiro atoms. The van der Waals surface area contributed by atoms with Crippen LogP contribution in [0.1, 0.15) is 17.0 Å². The van der Waals surface area contributed by atoms with Gasteiger partial charge < -0.3 is 4.42 Å². The van der Waals surface area contributed by atoms with E-state index in [2.05, 4.69) is 53.3 Å². The molecule has 0 aliphatic heterocycles. The molecular formula is C16H17N3OS. The van der Waals surface area contributed by atoms with E-state index >= 15 is 0 Å². The van der Waals surface area contributed by atoms with E-state index in [1.54, 1.807) is 11.3 Å². The van der Waals surface area contributed by atoms with Crippen LogP contribution in [0.3, 0.4) is 0 Å². The van der Waals surface area contributed by atoms with Crippen LogP contribution in [0.2, 0.25) is 0 Å². The minimum Gasteiger partial charge on any atom is -0.419 e. The molecule has 0 aliphatic rings. The highest BCUT2D eigenvalue weighted by molar-refractivity contribution is 7.13. The van der Waals surface area contributed by atoms with Gasteiger partial charge in [0.1, 0.15) is 0 Å². The Morgan fingerprint density at radius 2 is 1.90 bits per heavy atom. The van der Waals surface area contributed by atoms with Gasteiger partial charge in [0.25, 0.3) is 5.89 Å². The summed E-state index contributed by atoms with van der Waals surface area (Å²) in [5.74, 6) is 1.25. The second-order valence-corrected chi connectivity index (χ2v) is 6.08. The third-order valence-electron chi connectivity index (χ3n) is 3.18. The zero-order valence-electron chi connectivity index (χ0n) is 12.1. The van der Waals surface area contributed by atoms with E-state index in [9.17, 15) is 0 Å². The molecule has 0 unspecified atom stereocenters. The smallest absolute Gasteiger partial charge is 0.257 e. The number of aromatic nitrogens is 2. The molecule has 21 heavy (non-hydrogen) atoms. The van der Waals surface area contributed by atoms with Crippen LogP contribution in [-0.2, 0) is 13.1 Å². The number of nitrogens with zero attached hydrogens (tertiary/aromatic N) is 3. The summed E-state index contributed by atoms with van der Waals surface area (Å²) in [5.41, 5.74) is 2.56. The summed E-state index contributed by atoms with van der Waals surface area (Å²) in [6.45, 7) is 3.60. The van der Waals surface area contributed by atoms with Crippen molar-refractivity contribution in [3.05, 3.63) is 58.8 Å². The molecule has 0 fully saturated rings. The van der Waals surface area contributed by atoms with Crippen LogP contribution in [0.15, 0.2) is 46.2 Å². The standard InChI is InChI=1S/C16H17N3OS/c1-12-5-7-13(8-6-12)10-19(2)11-15-17-18-16(20-15)14-4-3-9-21-14/h3-9H,10-11H2,1-2H3. The van der Waals surface area contributed by atoms with Gasteiger partial charge in [0.15, 0.2) is 0 Å². The first-order valence-electron chi connectivity index (χ1n) is 6.81. The fraction of sp³-hybridized carbons (Fsp3) is 0.250. The minimum absolute atomic E-state index is 0.601. The quantitative estimate of drug-likeness (QED) is 0.720. The van der Waals surface area contributed by atoms with E-state index in [1.165, 1.54) is 11.1 Å². The van der Waals surface area contributed by atoms with Gasteiger partial charge in [0, 0.05) is 6.54 Å². The molecule has 1 aromatic carbocycles. The van der Waals surface area contributed by atoms with Gasteiger partial charge >= 0.3 is 0 Å². The first kappa shape index (κ1) is 14.0. The molecule has 108 valence electrons. The summed E-state index contributed by atoms with van der Waals surface area (Å²) in [6, 6.07) is 12.5. The lowest BCUT2D eigenvalue weighted by molar-refractivity contribution is 0.283. The Labute approximate surface area is 128 Å². The van der Waals surface area contributed by atoms with Crippen LogP contribution in [0, 0.1) is 6.92 Å². The van der Waals surface area contributed by atoms with Crippen LogP contribution in [0.5, 0.6) is 0 Å². The average molecular weight is 299 g/mol. The van der Waals surface area contributed by atoms with Gasteiger partial charge in [0.05, 0.1) is 11.4 Å². The van der Waals surface area contributed by atoms with Gasteiger partial charge in [-0.15, -0.1) is 21.5 Å². The van der Waals surface area contributed by atoms with E-state index in [-0.39, 0.29) is 0 Å². The zero-order chi connectivity index (χ0) is 14.7. The molecule has 0 aliphatic carbocycles. The van der Waals surface area contributed by atoms with Crippen molar-refractivity contribution in [3.63, 3.8) is 0 Å². The van der Waals surface area contributed by atoms with Gasteiger partial charge in [-0.3, -0.25) is 4.90 Å². The van der Waals surface area contributed by atoms with Crippen LogP contribution in [0.4, 0.5) is 0 Å². The van der Waals surface area contributed by atoms with Gasteiger partial charge in [-0.2, -0.15) is 0 Å². The van der Waals surface area contributed by atoms with E-state index < -0.39 is 0 Å². The predicted octanol–water partition coefficient (Wildman–Crippen LogP) is 3.74. The first-order chi connectivity index (χ1) is 10.2. The molecule has 0 radical (unpaired) electrons. The summed E-state index contributed by atoms with van der Waals surface area (Å²) in [7, 11) is 2.05. The maximum Gasteiger partial charge on any atom is 0.257 e. The maximum absolute atomic E-state index is 5.70. The van der Waals surface area contributed by atoms with Crippen molar-refractivity contribution in [1.29, 1.82) is 0 Å². The van der Waals surface area contributed by atoms with Gasteiger partial charge in [-0.05, 0) is 31.0 Å². The topological polar surface area (TPSA) is 42.2 Å². The molecule has 5 heteroatoms. The number of rotatable bonds is 5. The van der Waals surface area contributed by atoms with Crippen molar-refractivity contribution in [2.75, 3.05) is 7.05 Å². The number of aryl methyl sites for hydroxylation is 1. The minimum atomic E-state index is 0.601. The molecule has 0 saturated carbocycles. The summed E-state index contributed by atoms with van der Waals surface area (Å²) in [5, 5.41) is 10.2. The van der Waals surface area contributed by atoms with E-state index in [0.29, 0.717) is 18.3 Å². The SMILES string of the molecule is Cc1ccc(CN(C)Cc2nnc(-c3cccs3)o2)cc1. The molecule has 0 atom stereocenters. The Kier molecular flexibility index (Phi) is 4.13. The fourth-order valence-corrected chi connectivity index (χ4v) is 2.75. The van der Waals surface area contributed by atoms with Gasteiger partial charge in [0.2, 0.25) is 5.89 Å². The van der Waals surface area contributed by atoms with Crippen molar-refractivity contribution < 1.29 is 4.42 Å². The predicted molar refractivity (Wildman–Crippen MR) is 84.0 cm³/mol. The Hall–Kier alpha value is -1.98. The molecule has 0 bridgehead atoms. The van der Waals surface area contributed by atoms with Gasteiger partial charge in [-0.25, -0.2) is 0 Å². The Morgan fingerprint density at radius 3 is 2.62 bits per heavy atom. The zero-order valence-corrected chi connectivity index (χ0v) is 12.9. The lowest BCUT2D eigenvalue weighted by Gasteiger charge is -2.14. The highest BCUT2D eigenvalue weighted by atomic mass is 32.1. The van der Waals surface area contributed by atoms with Crippen molar-refractivity contribution in [2.45, 2.75) is 20.0 Å². The monoisotopic (exact) mass is 299 g/mol. The largest absolute Gasteiger partial charge is 0.419 e. The highest BCUT2D eigenvalue weighted by Gasteiger charge is 2.11. The van der Waals surface area contributed by atoms with Crippen molar-refractivity contribution in [3.8, 4) is 10.8 Å². The molecule has 2 aromatic heterocycles. The molecule has 4 nitrogen and oxygen atoms in total. The average Bonchev–Trinajstić information content (AvgIpc) is 3.12. The Morgan fingerprint density at radius 1 is 1.10 bits per heavy atom. The van der Waals surface area contributed by atoms with Crippen molar-refractivity contribution >= 4 is 11.3 Å². The lowest BCUT2D eigenvalue weighted by Crippen LogP contribution is -2.17. The first-order valence-corrected chi connectivity index (χ1v) is 7.69. The van der Waals surface area contributed by atoms with Crippen LogP contribution in [-0.4, -0.2) is 22.1 Å². The summed E-state index contributed by atoms with van der Waals surface area (Å²) < 4.78 is 5.70. The summed E-state index contributed by atoms with van der Waals surface area (Å²) >= 11 is 1.60. The highest BCUT2D eigenvalue weighted by Crippen LogP contribution is 2.23. The molecule has 0 N–H and O–H groups in total. The van der Waals surface area contributed by atoms with Crippen molar-refractivity contribution in [1.82, 2.24) is 15.1 Å². The third-order valence-corrected chi connectivity index (χ3v) is 4.03. The normalized spacial score (nSPS) is 11.2. The van der Waals surface area contributed by atoms with Gasteiger partial charge in [-0.1, -0.05) is 35.9 Å². The summed E-state index contributed by atoms with van der Waals surface area (Å²) in [6.07, 6.45) is 0. The van der Waals surface area contributed by atoms with Crippen molar-refractivity contribution in [2.24, 2.45) is 0 Å². The molecule has 3 rings (SSSR count). The Bertz CT molecular complexity index is 689. The molecular weight excluding hydrogens is 282 g/mol. The molecule has 0 amide bonds. The maximum atomic E-state index is 5.70. The second kappa shape index (κ2) is 6.20. The second-order valence-electron chi connectivity index (χ2n) is 5.14. The van der Waals surface area contributed by atoms with E-state index in [0.717, 1.165) is 11.4 Å². The third kappa shape index (κ3) is 3.56. The fourth-order valence-electron chi connectivity index (χ4n) is 2.11. The Balaban J connectivity index is 1.62. The molecule has 0 saturated heterocycles. The van der Waals surface area contributed by atoms with Crippen LogP contribution in [0.25, 0.3) is 10.8 Å². The number of benzene rings is 1. The lowest BCUT2D eigenvalue weighted by atomic mass is 10.1. The summed E-state index contributed by atoms with van der Waals surface area (Å²) in [4.78, 5) is 3.17. The van der Waals surface area contributed by atoms with Crippen LogP contribution >= 0.6 is 11.3 Å². The van der Waals surface area contributed by atoms with E-state index in [1.807, 2.05) is 17.5 Å². The number of hydrogen-bond donors (Lipinski definition) is 0. The van der Waals surface area contributed by atoms with E-state index in [4.69, 9.17) is 4.42 Å². The number of hydrogen-bond acceptors (Lipinski definition) is 5. The molecule has 3 aromatic rings. The molecule has 2 heterocycles. The number of thiophene rings is 1.